The van der Waals surface area contributed by atoms with Crippen molar-refractivity contribution in [2.75, 3.05) is 0 Å². The van der Waals surface area contributed by atoms with Crippen LogP contribution < -0.4 is 5.32 Å². The monoisotopic (exact) mass is 320 g/mol. The first kappa shape index (κ1) is 14.3. The second-order valence-corrected chi connectivity index (χ2v) is 5.76. The van der Waals surface area contributed by atoms with Crippen molar-refractivity contribution in [1.82, 2.24) is 10.3 Å². The van der Waals surface area contributed by atoms with E-state index in [0.717, 1.165) is 4.47 Å². The number of hydrogen-bond acceptors (Lipinski definition) is 3. The SMILES string of the molecule is CC(C)(C)OC(=O)NCc1ncc(Br)cc1Cl. The zero-order valence-corrected chi connectivity index (χ0v) is 12.2. The Labute approximate surface area is 114 Å². The Morgan fingerprint density at radius 3 is 2.76 bits per heavy atom. The first-order chi connectivity index (χ1) is 7.78. The Bertz CT molecular complexity index is 418. The number of ether oxygens (including phenoxy) is 1. The summed E-state index contributed by atoms with van der Waals surface area (Å²) in [4.78, 5) is 15.5. The van der Waals surface area contributed by atoms with Crippen LogP contribution in [0.1, 0.15) is 26.5 Å². The van der Waals surface area contributed by atoms with Crippen LogP contribution in [-0.2, 0) is 11.3 Å². The summed E-state index contributed by atoms with van der Waals surface area (Å²) < 4.78 is 5.89. The van der Waals surface area contributed by atoms with Gasteiger partial charge in [0.25, 0.3) is 0 Å². The van der Waals surface area contributed by atoms with Crippen LogP contribution in [0.3, 0.4) is 0 Å². The van der Waals surface area contributed by atoms with Crippen LogP contribution in [0.15, 0.2) is 16.7 Å². The summed E-state index contributed by atoms with van der Waals surface area (Å²) in [5, 5.41) is 3.09. The molecule has 0 atom stereocenters. The smallest absolute Gasteiger partial charge is 0.407 e. The minimum atomic E-state index is -0.513. The molecule has 0 radical (unpaired) electrons. The highest BCUT2D eigenvalue weighted by Gasteiger charge is 2.16. The van der Waals surface area contributed by atoms with Crippen molar-refractivity contribution in [3.05, 3.63) is 27.5 Å². The third kappa shape index (κ3) is 5.37. The molecule has 0 fully saturated rings. The van der Waals surface area contributed by atoms with Gasteiger partial charge in [0.1, 0.15) is 5.60 Å². The summed E-state index contributed by atoms with van der Waals surface area (Å²) in [5.74, 6) is 0. The molecule has 17 heavy (non-hydrogen) atoms. The molecule has 1 heterocycles. The summed E-state index contributed by atoms with van der Waals surface area (Å²) >= 11 is 9.22. The minimum absolute atomic E-state index is 0.237. The van der Waals surface area contributed by atoms with Gasteiger partial charge in [0.05, 0.1) is 17.3 Å². The van der Waals surface area contributed by atoms with Crippen molar-refractivity contribution in [3.63, 3.8) is 0 Å². The van der Waals surface area contributed by atoms with Crippen molar-refractivity contribution in [1.29, 1.82) is 0 Å². The van der Waals surface area contributed by atoms with Crippen molar-refractivity contribution in [2.24, 2.45) is 0 Å². The number of amides is 1. The van der Waals surface area contributed by atoms with E-state index in [-0.39, 0.29) is 6.54 Å². The van der Waals surface area contributed by atoms with Gasteiger partial charge in [-0.1, -0.05) is 11.6 Å². The molecule has 0 aliphatic heterocycles. The second kappa shape index (κ2) is 5.69. The van der Waals surface area contributed by atoms with E-state index < -0.39 is 11.7 Å². The molecule has 1 aromatic heterocycles. The van der Waals surface area contributed by atoms with Gasteiger partial charge < -0.3 is 10.1 Å². The quantitative estimate of drug-likeness (QED) is 0.906. The minimum Gasteiger partial charge on any atom is -0.444 e. The van der Waals surface area contributed by atoms with Crippen LogP contribution >= 0.6 is 27.5 Å². The third-order valence-electron chi connectivity index (χ3n) is 1.68. The Hall–Kier alpha value is -0.810. The van der Waals surface area contributed by atoms with Crippen molar-refractivity contribution in [3.8, 4) is 0 Å². The maximum absolute atomic E-state index is 11.4. The van der Waals surface area contributed by atoms with Gasteiger partial charge in [-0.25, -0.2) is 4.79 Å². The summed E-state index contributed by atoms with van der Waals surface area (Å²) in [6.45, 7) is 5.65. The molecule has 0 aliphatic carbocycles. The Balaban J connectivity index is 2.53. The van der Waals surface area contributed by atoms with Gasteiger partial charge in [0.15, 0.2) is 0 Å². The zero-order chi connectivity index (χ0) is 13.1. The van der Waals surface area contributed by atoms with Gasteiger partial charge in [-0.05, 0) is 42.8 Å². The molecule has 0 saturated heterocycles. The largest absolute Gasteiger partial charge is 0.444 e. The number of halogens is 2. The molecule has 1 rings (SSSR count). The van der Waals surface area contributed by atoms with Gasteiger partial charge in [0, 0.05) is 10.7 Å². The topological polar surface area (TPSA) is 51.2 Å². The summed E-state index contributed by atoms with van der Waals surface area (Å²) in [7, 11) is 0. The molecule has 0 bridgehead atoms. The number of nitrogens with one attached hydrogen (secondary N) is 1. The van der Waals surface area contributed by atoms with E-state index in [1.54, 1.807) is 33.0 Å². The maximum Gasteiger partial charge on any atom is 0.407 e. The summed E-state index contributed by atoms with van der Waals surface area (Å²) in [5.41, 5.74) is 0.0850. The lowest BCUT2D eigenvalue weighted by Gasteiger charge is -2.19. The lowest BCUT2D eigenvalue weighted by Crippen LogP contribution is -2.32. The maximum atomic E-state index is 11.4. The molecule has 1 amide bonds. The van der Waals surface area contributed by atoms with Crippen LogP contribution in [0.25, 0.3) is 0 Å². The average Bonchev–Trinajstić information content (AvgIpc) is 2.13. The van der Waals surface area contributed by atoms with Crippen LogP contribution in [0.2, 0.25) is 5.02 Å². The van der Waals surface area contributed by atoms with E-state index in [1.165, 1.54) is 0 Å². The number of rotatable bonds is 2. The molecular weight excluding hydrogens is 307 g/mol. The Morgan fingerprint density at radius 2 is 2.24 bits per heavy atom. The number of carbonyl (C=O) groups is 1. The van der Waals surface area contributed by atoms with Gasteiger partial charge in [-0.3, -0.25) is 4.98 Å². The van der Waals surface area contributed by atoms with Crippen LogP contribution in [0.5, 0.6) is 0 Å². The molecule has 0 unspecified atom stereocenters. The first-order valence-electron chi connectivity index (χ1n) is 5.05. The van der Waals surface area contributed by atoms with E-state index in [4.69, 9.17) is 16.3 Å². The van der Waals surface area contributed by atoms with Crippen molar-refractivity contribution >= 4 is 33.6 Å². The van der Waals surface area contributed by atoms with E-state index in [9.17, 15) is 4.79 Å². The van der Waals surface area contributed by atoms with Crippen LogP contribution in [0.4, 0.5) is 4.79 Å². The molecule has 94 valence electrons. The predicted molar refractivity (Wildman–Crippen MR) is 70.0 cm³/mol. The molecule has 4 nitrogen and oxygen atoms in total. The lowest BCUT2D eigenvalue weighted by atomic mass is 10.2. The molecule has 6 heteroatoms. The normalized spacial score (nSPS) is 11.1. The zero-order valence-electron chi connectivity index (χ0n) is 9.88. The number of aromatic nitrogens is 1. The molecular formula is C11H14BrClN2O2. The number of hydrogen-bond donors (Lipinski definition) is 1. The van der Waals surface area contributed by atoms with E-state index in [0.29, 0.717) is 10.7 Å². The molecule has 0 spiro atoms. The highest BCUT2D eigenvalue weighted by Crippen LogP contribution is 2.18. The predicted octanol–water partition coefficient (Wildman–Crippen LogP) is 3.52. The third-order valence-corrected chi connectivity index (χ3v) is 2.44. The van der Waals surface area contributed by atoms with Gasteiger partial charge in [0.2, 0.25) is 0 Å². The summed E-state index contributed by atoms with van der Waals surface area (Å²) in [6, 6.07) is 1.72. The highest BCUT2D eigenvalue weighted by atomic mass is 79.9. The van der Waals surface area contributed by atoms with Crippen molar-refractivity contribution in [2.45, 2.75) is 32.9 Å². The number of carbonyl (C=O) groups excluding carboxylic acids is 1. The van der Waals surface area contributed by atoms with Crippen LogP contribution in [-0.4, -0.2) is 16.7 Å². The fraction of sp³-hybridized carbons (Fsp3) is 0.455. The Kier molecular flexibility index (Phi) is 4.77. The lowest BCUT2D eigenvalue weighted by molar-refractivity contribution is 0.0523. The fourth-order valence-corrected chi connectivity index (χ4v) is 1.74. The first-order valence-corrected chi connectivity index (χ1v) is 6.22. The number of nitrogens with zero attached hydrogens (tertiary/aromatic N) is 1. The molecule has 0 aromatic carbocycles. The average molecular weight is 322 g/mol. The van der Waals surface area contributed by atoms with E-state index >= 15 is 0 Å². The number of alkyl carbamates (subject to hydrolysis) is 1. The Morgan fingerprint density at radius 1 is 1.59 bits per heavy atom. The van der Waals surface area contributed by atoms with Gasteiger partial charge in [-0.15, -0.1) is 0 Å². The summed E-state index contributed by atoms with van der Waals surface area (Å²) in [6.07, 6.45) is 1.14. The molecule has 0 saturated carbocycles. The molecule has 1 aromatic rings. The molecule has 1 N–H and O–H groups in total. The second-order valence-electron chi connectivity index (χ2n) is 4.44. The van der Waals surface area contributed by atoms with Crippen LogP contribution in [0, 0.1) is 0 Å². The highest BCUT2D eigenvalue weighted by molar-refractivity contribution is 9.10. The van der Waals surface area contributed by atoms with Gasteiger partial charge >= 0.3 is 6.09 Å². The standard InChI is InChI=1S/C11H14BrClN2O2/c1-11(2,3)17-10(16)15-6-9-8(13)4-7(12)5-14-9/h4-5H,6H2,1-3H3,(H,15,16). The van der Waals surface area contributed by atoms with Crippen molar-refractivity contribution < 1.29 is 9.53 Å². The number of pyridine rings is 1. The van der Waals surface area contributed by atoms with E-state index in [2.05, 4.69) is 26.2 Å². The molecule has 0 aliphatic rings. The van der Waals surface area contributed by atoms with Gasteiger partial charge in [-0.2, -0.15) is 0 Å². The van der Waals surface area contributed by atoms with E-state index in [1.807, 2.05) is 0 Å². The fourth-order valence-electron chi connectivity index (χ4n) is 1.04.